The average Bonchev–Trinajstić information content (AvgIpc) is 3.89. The van der Waals surface area contributed by atoms with Crippen LogP contribution in [0.5, 0.6) is 0 Å². The van der Waals surface area contributed by atoms with Gasteiger partial charge in [0.25, 0.3) is 0 Å². The Bertz CT molecular complexity index is 2070. The smallest absolute Gasteiger partial charge is 0.150 e. The van der Waals surface area contributed by atoms with Gasteiger partial charge in [-0.15, -0.1) is 5.10 Å². The Morgan fingerprint density at radius 1 is 0.982 bits per heavy atom. The molecule has 55 heavy (non-hydrogen) atoms. The molecule has 1 unspecified atom stereocenters. The summed E-state index contributed by atoms with van der Waals surface area (Å²) < 4.78 is 1.53. The van der Waals surface area contributed by atoms with E-state index in [2.05, 4.69) is 77.4 Å². The quantitative estimate of drug-likeness (QED) is 0.145. The number of piperazine rings is 1. The van der Waals surface area contributed by atoms with Gasteiger partial charge in [0, 0.05) is 60.9 Å². The van der Waals surface area contributed by atoms with Crippen LogP contribution in [0.4, 0.5) is 23.0 Å². The van der Waals surface area contributed by atoms with Gasteiger partial charge in [0.15, 0.2) is 0 Å². The molecule has 8 rings (SSSR count). The molecule has 0 bridgehead atoms. The number of rotatable bonds is 9. The van der Waals surface area contributed by atoms with Crippen LogP contribution >= 0.6 is 11.6 Å². The number of aryl methyl sites for hydroxylation is 1. The van der Waals surface area contributed by atoms with Gasteiger partial charge in [-0.25, -0.2) is 14.6 Å². The van der Waals surface area contributed by atoms with Crippen LogP contribution < -0.4 is 20.9 Å². The number of pyridine rings is 2. The summed E-state index contributed by atoms with van der Waals surface area (Å²) in [4.78, 5) is 13.7. The van der Waals surface area contributed by atoms with E-state index in [0.717, 1.165) is 30.2 Å². The van der Waals surface area contributed by atoms with Gasteiger partial charge in [-0.2, -0.15) is 10.5 Å². The second-order valence-corrected chi connectivity index (χ2v) is 15.4. The number of nitriles is 2. The van der Waals surface area contributed by atoms with E-state index < -0.39 is 0 Å². The minimum absolute atomic E-state index is 0.112. The first-order chi connectivity index (χ1) is 26.8. The monoisotopic (exact) mass is 756 g/mol. The second-order valence-electron chi connectivity index (χ2n) is 15.0. The fourth-order valence-electron chi connectivity index (χ4n) is 8.51. The third kappa shape index (κ3) is 8.77. The van der Waals surface area contributed by atoms with Crippen LogP contribution in [0.2, 0.25) is 5.02 Å². The van der Waals surface area contributed by atoms with E-state index in [1.54, 1.807) is 30.2 Å². The maximum Gasteiger partial charge on any atom is 0.150 e. The van der Waals surface area contributed by atoms with Crippen molar-refractivity contribution in [3.05, 3.63) is 101 Å². The van der Waals surface area contributed by atoms with Gasteiger partial charge in [-0.3, -0.25) is 4.90 Å². The summed E-state index contributed by atoms with van der Waals surface area (Å²) in [6.45, 7) is 14.7. The Morgan fingerprint density at radius 3 is 2.53 bits per heavy atom. The number of benzene rings is 1. The highest BCUT2D eigenvalue weighted by Gasteiger charge is 2.43. The Hall–Kier alpha value is -5.43. The molecule has 5 heterocycles. The highest BCUT2D eigenvalue weighted by Crippen LogP contribution is 2.49. The van der Waals surface area contributed by atoms with E-state index in [9.17, 15) is 0 Å². The zero-order valence-corrected chi connectivity index (χ0v) is 32.2. The van der Waals surface area contributed by atoms with Crippen LogP contribution in [0.25, 0.3) is 5.69 Å². The minimum Gasteiger partial charge on any atom is -0.370 e. The number of nitrogens with one attached hydrogen (secondary N) is 3. The fourth-order valence-corrected chi connectivity index (χ4v) is 8.73. The number of halogens is 1. The van der Waals surface area contributed by atoms with E-state index >= 15 is 0 Å². The molecule has 4 aromatic rings. The Kier molecular flexibility index (Phi) is 12.0. The van der Waals surface area contributed by atoms with E-state index in [4.69, 9.17) is 22.1 Å². The maximum atomic E-state index is 8.85. The average molecular weight is 757 g/mol. The molecule has 0 radical (unpaired) electrons. The van der Waals surface area contributed by atoms with Gasteiger partial charge in [0.05, 0.1) is 40.9 Å². The number of anilines is 4. The topological polar surface area (TPSA) is 147 Å². The predicted molar refractivity (Wildman–Crippen MR) is 217 cm³/mol. The van der Waals surface area contributed by atoms with E-state index in [0.29, 0.717) is 33.6 Å². The van der Waals surface area contributed by atoms with Crippen LogP contribution in [-0.2, 0) is 11.8 Å². The lowest BCUT2D eigenvalue weighted by Crippen LogP contribution is -2.47. The second kappa shape index (κ2) is 17.4. The first kappa shape index (κ1) is 37.9. The summed E-state index contributed by atoms with van der Waals surface area (Å²) in [5.74, 6) is 1.83. The lowest BCUT2D eigenvalue weighted by Gasteiger charge is -2.39. The Labute approximate surface area is 328 Å². The number of hydrogen-bond acceptors (Lipinski definition) is 11. The number of piperidine rings is 1. The van der Waals surface area contributed by atoms with Crippen molar-refractivity contribution in [2.45, 2.75) is 69.6 Å². The van der Waals surface area contributed by atoms with E-state index in [1.807, 2.05) is 12.1 Å². The highest BCUT2D eigenvalue weighted by atomic mass is 35.5. The molecule has 3 fully saturated rings. The third-order valence-corrected chi connectivity index (χ3v) is 11.9. The first-order valence-electron chi connectivity index (χ1n) is 19.4. The van der Waals surface area contributed by atoms with Crippen molar-refractivity contribution in [1.29, 1.82) is 10.5 Å². The molecule has 284 valence electrons. The fraction of sp³-hybridized carbons (Fsp3) is 0.429. The Morgan fingerprint density at radius 2 is 1.80 bits per heavy atom. The molecule has 1 spiro atoms. The zero-order chi connectivity index (χ0) is 38.2. The lowest BCUT2D eigenvalue weighted by atomic mass is 9.73. The summed E-state index contributed by atoms with van der Waals surface area (Å²) >= 11 is 6.11. The van der Waals surface area contributed by atoms with E-state index in [-0.39, 0.29) is 12.0 Å². The molecular weight excluding hydrogens is 708 g/mol. The van der Waals surface area contributed by atoms with Crippen LogP contribution in [0.3, 0.4) is 0 Å². The van der Waals surface area contributed by atoms with Crippen LogP contribution in [-0.4, -0.2) is 69.1 Å². The standard InChI is InChI=1S/C27H39N3.C15H10ClN9/c1-21-10-13-27(22(2)28-21)14-11-24-20-25(8-9-26(24)27)30-18-16-29(17-19-30)15-12-23-6-4-3-5-7-23;16-11-5-10(7-18)8-21-15(11)23-14-6-12(19-2-1-17)13(9-20-14)25-4-3-22-24-25/h8-9,20,23,28H,1-7,10-19H2;3-6,8-9H,2H2,(H2,19,20,21,23). The van der Waals surface area contributed by atoms with Gasteiger partial charge in [0.1, 0.15) is 29.9 Å². The summed E-state index contributed by atoms with van der Waals surface area (Å²) in [5, 5.41) is 35.1. The Balaban J connectivity index is 0.000000172. The van der Waals surface area contributed by atoms with Crippen LogP contribution in [0.1, 0.15) is 74.5 Å². The van der Waals surface area contributed by atoms with Crippen molar-refractivity contribution in [1.82, 2.24) is 35.2 Å². The number of aromatic nitrogens is 5. The van der Waals surface area contributed by atoms with Crippen molar-refractivity contribution < 1.29 is 0 Å². The summed E-state index contributed by atoms with van der Waals surface area (Å²) in [7, 11) is 0. The molecule has 2 saturated heterocycles. The predicted octanol–water partition coefficient (Wildman–Crippen LogP) is 7.64. The van der Waals surface area contributed by atoms with Gasteiger partial charge in [-0.1, -0.05) is 68.1 Å². The summed E-state index contributed by atoms with van der Waals surface area (Å²) in [6, 6.07) is 14.5. The number of nitrogens with zero attached hydrogens (tertiary/aromatic N) is 9. The molecule has 3 aromatic heterocycles. The molecule has 2 aliphatic carbocycles. The van der Waals surface area contributed by atoms with Crippen molar-refractivity contribution in [3.8, 4) is 17.8 Å². The first-order valence-corrected chi connectivity index (χ1v) is 19.8. The van der Waals surface area contributed by atoms with Gasteiger partial charge in [-0.05, 0) is 73.9 Å². The normalized spacial score (nSPS) is 19.8. The van der Waals surface area contributed by atoms with Crippen molar-refractivity contribution in [3.63, 3.8) is 0 Å². The molecule has 13 heteroatoms. The van der Waals surface area contributed by atoms with Crippen molar-refractivity contribution in [2.75, 3.05) is 54.8 Å². The summed E-state index contributed by atoms with van der Waals surface area (Å²) in [5.41, 5.74) is 8.54. The molecule has 3 N–H and O–H groups in total. The molecule has 1 atom stereocenters. The zero-order valence-electron chi connectivity index (χ0n) is 31.4. The van der Waals surface area contributed by atoms with Crippen LogP contribution in [0, 0.1) is 28.6 Å². The molecule has 4 aliphatic rings. The maximum absolute atomic E-state index is 8.85. The van der Waals surface area contributed by atoms with Crippen molar-refractivity contribution in [2.24, 2.45) is 5.92 Å². The minimum atomic E-state index is 0.112. The molecule has 1 saturated carbocycles. The van der Waals surface area contributed by atoms with Gasteiger partial charge in [0.2, 0.25) is 0 Å². The van der Waals surface area contributed by atoms with Crippen LogP contribution in [0.15, 0.2) is 79.7 Å². The third-order valence-electron chi connectivity index (χ3n) is 11.6. The van der Waals surface area contributed by atoms with Crippen molar-refractivity contribution >= 4 is 34.6 Å². The van der Waals surface area contributed by atoms with E-state index in [1.165, 1.54) is 112 Å². The lowest BCUT2D eigenvalue weighted by molar-refractivity contribution is 0.221. The van der Waals surface area contributed by atoms with Gasteiger partial charge < -0.3 is 20.9 Å². The largest absolute Gasteiger partial charge is 0.370 e. The number of hydrogen-bond donors (Lipinski definition) is 3. The molecule has 2 aliphatic heterocycles. The van der Waals surface area contributed by atoms with Gasteiger partial charge >= 0.3 is 0 Å². The molecule has 0 amide bonds. The number of fused-ring (bicyclic) bond motifs is 2. The highest BCUT2D eigenvalue weighted by molar-refractivity contribution is 6.33. The molecule has 1 aromatic carbocycles. The number of allylic oxidation sites excluding steroid dienone is 2. The molecule has 12 nitrogen and oxygen atoms in total. The SMILES string of the molecule is C=C1CCC2(CCc3cc(N4CCN(CCC5CCCCC5)CC4)ccc32)C(=C)N1.N#CCNc1cc(Nc2ncc(C#N)cc2Cl)ncc1-n1ccnn1. The molecular formula is C42H49ClN12. The summed E-state index contributed by atoms with van der Waals surface area (Å²) in [6.07, 6.45) is 19.6.